The third kappa shape index (κ3) is 3.40. The predicted molar refractivity (Wildman–Crippen MR) is 73.4 cm³/mol. The lowest BCUT2D eigenvalue weighted by molar-refractivity contribution is 0.0946. The molecule has 1 N–H and O–H groups in total. The largest absolute Gasteiger partial charge is 0.352 e. The number of carbonyl (C=O) groups excluding carboxylic acids is 1. The standard InChI is InChI=1S/C13H15FINO/c14-10-5-6-11(12(15)7-10)13(17)16-8-9-3-1-2-4-9/h5-7,9H,1-4,8H2,(H,16,17). The van der Waals surface area contributed by atoms with Crippen LogP contribution >= 0.6 is 22.6 Å². The fourth-order valence-electron chi connectivity index (χ4n) is 2.22. The summed E-state index contributed by atoms with van der Waals surface area (Å²) in [4.78, 5) is 11.9. The van der Waals surface area contributed by atoms with E-state index < -0.39 is 0 Å². The Morgan fingerprint density at radius 2 is 2.12 bits per heavy atom. The van der Waals surface area contributed by atoms with Gasteiger partial charge in [-0.15, -0.1) is 0 Å². The van der Waals surface area contributed by atoms with Crippen LogP contribution in [0.15, 0.2) is 18.2 Å². The third-order valence-corrected chi connectivity index (χ3v) is 4.09. The summed E-state index contributed by atoms with van der Waals surface area (Å²) < 4.78 is 13.6. The Balaban J connectivity index is 1.94. The molecule has 1 aliphatic carbocycles. The van der Waals surface area contributed by atoms with Gasteiger partial charge in [-0.05, 0) is 59.5 Å². The van der Waals surface area contributed by atoms with E-state index in [0.29, 0.717) is 15.1 Å². The second kappa shape index (κ2) is 5.80. The SMILES string of the molecule is O=C(NCC1CCCC1)c1ccc(F)cc1I. The molecule has 0 radical (unpaired) electrons. The van der Waals surface area contributed by atoms with E-state index in [0.717, 1.165) is 6.54 Å². The first-order valence-corrected chi connectivity index (χ1v) is 6.98. The van der Waals surface area contributed by atoms with Crippen LogP contribution in [-0.4, -0.2) is 12.5 Å². The summed E-state index contributed by atoms with van der Waals surface area (Å²) in [7, 11) is 0. The fraction of sp³-hybridized carbons (Fsp3) is 0.462. The number of rotatable bonds is 3. The van der Waals surface area contributed by atoms with E-state index in [9.17, 15) is 9.18 Å². The molecule has 0 saturated heterocycles. The molecule has 1 aliphatic rings. The lowest BCUT2D eigenvalue weighted by atomic mass is 10.1. The summed E-state index contributed by atoms with van der Waals surface area (Å²) in [5, 5.41) is 2.93. The van der Waals surface area contributed by atoms with Gasteiger partial charge in [0.1, 0.15) is 5.82 Å². The van der Waals surface area contributed by atoms with Gasteiger partial charge in [0, 0.05) is 10.1 Å². The molecular formula is C13H15FINO. The number of carbonyl (C=O) groups is 1. The van der Waals surface area contributed by atoms with Crippen molar-refractivity contribution in [1.29, 1.82) is 0 Å². The van der Waals surface area contributed by atoms with Gasteiger partial charge in [0.25, 0.3) is 5.91 Å². The van der Waals surface area contributed by atoms with Crippen LogP contribution < -0.4 is 5.32 Å². The van der Waals surface area contributed by atoms with Gasteiger partial charge >= 0.3 is 0 Å². The van der Waals surface area contributed by atoms with Gasteiger partial charge < -0.3 is 5.32 Å². The zero-order valence-electron chi connectivity index (χ0n) is 9.51. The first kappa shape index (κ1) is 12.8. The van der Waals surface area contributed by atoms with Crippen LogP contribution in [0.3, 0.4) is 0 Å². The van der Waals surface area contributed by atoms with E-state index in [-0.39, 0.29) is 11.7 Å². The molecule has 2 nitrogen and oxygen atoms in total. The first-order chi connectivity index (χ1) is 8.16. The van der Waals surface area contributed by atoms with Crippen LogP contribution in [0.2, 0.25) is 0 Å². The van der Waals surface area contributed by atoms with E-state index in [1.165, 1.54) is 37.8 Å². The van der Waals surface area contributed by atoms with Crippen LogP contribution in [0.25, 0.3) is 0 Å². The van der Waals surface area contributed by atoms with Crippen molar-refractivity contribution in [3.8, 4) is 0 Å². The molecule has 92 valence electrons. The highest BCUT2D eigenvalue weighted by Crippen LogP contribution is 2.24. The molecule has 0 aliphatic heterocycles. The Bertz CT molecular complexity index is 416. The fourth-order valence-corrected chi connectivity index (χ4v) is 2.94. The highest BCUT2D eigenvalue weighted by molar-refractivity contribution is 14.1. The molecule has 0 bridgehead atoms. The topological polar surface area (TPSA) is 29.1 Å². The quantitative estimate of drug-likeness (QED) is 0.835. The molecule has 0 atom stereocenters. The predicted octanol–water partition coefficient (Wildman–Crippen LogP) is 3.35. The molecule has 4 heteroatoms. The molecule has 0 unspecified atom stereocenters. The van der Waals surface area contributed by atoms with Gasteiger partial charge in [-0.3, -0.25) is 4.79 Å². The number of hydrogen-bond acceptors (Lipinski definition) is 1. The molecule has 0 aromatic heterocycles. The van der Waals surface area contributed by atoms with Crippen LogP contribution in [0, 0.1) is 15.3 Å². The normalized spacial score (nSPS) is 16.1. The van der Waals surface area contributed by atoms with Crippen LogP contribution in [0.5, 0.6) is 0 Å². The molecule has 1 aromatic carbocycles. The second-order valence-electron chi connectivity index (χ2n) is 4.48. The van der Waals surface area contributed by atoms with Gasteiger partial charge in [-0.25, -0.2) is 4.39 Å². The highest BCUT2D eigenvalue weighted by Gasteiger charge is 2.17. The first-order valence-electron chi connectivity index (χ1n) is 5.90. The van der Waals surface area contributed by atoms with Crippen molar-refractivity contribution in [3.05, 3.63) is 33.1 Å². The van der Waals surface area contributed by atoms with Gasteiger partial charge in [0.15, 0.2) is 0 Å². The van der Waals surface area contributed by atoms with Gasteiger partial charge in [0.05, 0.1) is 5.56 Å². The number of nitrogens with one attached hydrogen (secondary N) is 1. The van der Waals surface area contributed by atoms with E-state index in [1.807, 2.05) is 22.6 Å². The molecule has 1 amide bonds. The minimum absolute atomic E-state index is 0.0960. The summed E-state index contributed by atoms with van der Waals surface area (Å²) in [6, 6.07) is 4.25. The molecule has 17 heavy (non-hydrogen) atoms. The third-order valence-electron chi connectivity index (χ3n) is 3.20. The van der Waals surface area contributed by atoms with Crippen molar-refractivity contribution in [2.75, 3.05) is 6.54 Å². The van der Waals surface area contributed by atoms with Crippen molar-refractivity contribution in [1.82, 2.24) is 5.32 Å². The van der Waals surface area contributed by atoms with E-state index in [2.05, 4.69) is 5.32 Å². The molecule has 2 rings (SSSR count). The maximum Gasteiger partial charge on any atom is 0.252 e. The zero-order chi connectivity index (χ0) is 12.3. The molecule has 1 saturated carbocycles. The van der Waals surface area contributed by atoms with Crippen molar-refractivity contribution in [3.63, 3.8) is 0 Å². The van der Waals surface area contributed by atoms with Crippen molar-refractivity contribution < 1.29 is 9.18 Å². The average molecular weight is 347 g/mol. The molecule has 0 spiro atoms. The van der Waals surface area contributed by atoms with E-state index in [4.69, 9.17) is 0 Å². The van der Waals surface area contributed by atoms with E-state index in [1.54, 1.807) is 6.07 Å². The maximum atomic E-state index is 12.9. The summed E-state index contributed by atoms with van der Waals surface area (Å²) in [6.07, 6.45) is 4.96. The molecule has 1 fully saturated rings. The Kier molecular flexibility index (Phi) is 4.36. The minimum atomic E-state index is -0.304. The lowest BCUT2D eigenvalue weighted by Crippen LogP contribution is -2.28. The Labute approximate surface area is 114 Å². The maximum absolute atomic E-state index is 12.9. The number of benzene rings is 1. The highest BCUT2D eigenvalue weighted by atomic mass is 127. The van der Waals surface area contributed by atoms with Gasteiger partial charge in [-0.1, -0.05) is 12.8 Å². The summed E-state index contributed by atoms with van der Waals surface area (Å²) in [5.41, 5.74) is 0.560. The summed E-state index contributed by atoms with van der Waals surface area (Å²) in [5.74, 6) is 0.222. The summed E-state index contributed by atoms with van der Waals surface area (Å²) in [6.45, 7) is 0.742. The Morgan fingerprint density at radius 3 is 2.76 bits per heavy atom. The van der Waals surface area contributed by atoms with Crippen molar-refractivity contribution in [2.45, 2.75) is 25.7 Å². The average Bonchev–Trinajstić information content (AvgIpc) is 2.78. The Morgan fingerprint density at radius 1 is 1.41 bits per heavy atom. The molecular weight excluding hydrogens is 332 g/mol. The van der Waals surface area contributed by atoms with Crippen LogP contribution in [0.1, 0.15) is 36.0 Å². The monoisotopic (exact) mass is 347 g/mol. The number of halogens is 2. The minimum Gasteiger partial charge on any atom is -0.352 e. The Hall–Kier alpha value is -0.650. The van der Waals surface area contributed by atoms with Gasteiger partial charge in [0.2, 0.25) is 0 Å². The second-order valence-corrected chi connectivity index (χ2v) is 5.65. The smallest absolute Gasteiger partial charge is 0.252 e. The zero-order valence-corrected chi connectivity index (χ0v) is 11.7. The molecule has 0 heterocycles. The number of amides is 1. The van der Waals surface area contributed by atoms with Crippen molar-refractivity contribution in [2.24, 2.45) is 5.92 Å². The van der Waals surface area contributed by atoms with Gasteiger partial charge in [-0.2, -0.15) is 0 Å². The summed E-state index contributed by atoms with van der Waals surface area (Å²) >= 11 is 1.99. The van der Waals surface area contributed by atoms with E-state index >= 15 is 0 Å². The molecule has 1 aromatic rings. The van der Waals surface area contributed by atoms with Crippen LogP contribution in [-0.2, 0) is 0 Å². The number of hydrogen-bond donors (Lipinski definition) is 1. The lowest BCUT2D eigenvalue weighted by Gasteiger charge is -2.11. The van der Waals surface area contributed by atoms with Crippen molar-refractivity contribution >= 4 is 28.5 Å². The van der Waals surface area contributed by atoms with Crippen LogP contribution in [0.4, 0.5) is 4.39 Å².